The first kappa shape index (κ1) is 14.0. The number of carbonyl (C=O) groups is 1. The van der Waals surface area contributed by atoms with E-state index in [2.05, 4.69) is 5.32 Å². The number of benzene rings is 2. The third kappa shape index (κ3) is 2.91. The Morgan fingerprint density at radius 1 is 1.19 bits per heavy atom. The van der Waals surface area contributed by atoms with Crippen LogP contribution in [0.1, 0.15) is 5.56 Å². The molecule has 4 nitrogen and oxygen atoms in total. The first-order valence-corrected chi connectivity index (χ1v) is 7.09. The maximum Gasteiger partial charge on any atom is 0.265 e. The molecular formula is C15H12Cl2N2O2. The van der Waals surface area contributed by atoms with Crippen LogP contribution in [0.3, 0.4) is 0 Å². The van der Waals surface area contributed by atoms with Gasteiger partial charge < -0.3 is 15.8 Å². The van der Waals surface area contributed by atoms with Crippen molar-refractivity contribution in [3.05, 3.63) is 52.0 Å². The van der Waals surface area contributed by atoms with E-state index in [0.717, 1.165) is 5.56 Å². The van der Waals surface area contributed by atoms with Crippen molar-refractivity contribution in [3.8, 4) is 5.75 Å². The van der Waals surface area contributed by atoms with Gasteiger partial charge in [0.1, 0.15) is 5.75 Å². The maximum absolute atomic E-state index is 12.1. The van der Waals surface area contributed by atoms with Crippen molar-refractivity contribution in [2.75, 3.05) is 11.1 Å². The minimum atomic E-state index is -0.639. The van der Waals surface area contributed by atoms with E-state index in [-0.39, 0.29) is 5.91 Å². The molecule has 108 valence electrons. The molecule has 0 saturated heterocycles. The number of halogens is 2. The van der Waals surface area contributed by atoms with E-state index in [4.69, 9.17) is 33.7 Å². The molecule has 0 fully saturated rings. The standard InChI is InChI=1S/C15H12Cl2N2O2/c16-9-2-1-8(11(17)6-9)5-14-15(20)19-12-7-10(18)3-4-13(12)21-14/h1-4,6-7,14H,5,18H2,(H,19,20). The summed E-state index contributed by atoms with van der Waals surface area (Å²) in [6.07, 6.45) is -0.272. The summed E-state index contributed by atoms with van der Waals surface area (Å²) in [6, 6.07) is 10.3. The monoisotopic (exact) mass is 322 g/mol. The number of carbonyl (C=O) groups excluding carboxylic acids is 1. The quantitative estimate of drug-likeness (QED) is 0.831. The van der Waals surface area contributed by atoms with Gasteiger partial charge in [0.05, 0.1) is 5.69 Å². The van der Waals surface area contributed by atoms with Crippen molar-refractivity contribution in [1.82, 2.24) is 0 Å². The second-order valence-corrected chi connectivity index (χ2v) is 5.63. The van der Waals surface area contributed by atoms with Gasteiger partial charge in [-0.05, 0) is 35.9 Å². The maximum atomic E-state index is 12.1. The molecule has 3 N–H and O–H groups in total. The zero-order valence-corrected chi connectivity index (χ0v) is 12.4. The molecule has 6 heteroatoms. The molecule has 2 aromatic carbocycles. The van der Waals surface area contributed by atoms with Crippen LogP contribution in [0, 0.1) is 0 Å². The summed E-state index contributed by atoms with van der Waals surface area (Å²) in [5.74, 6) is 0.373. The first-order chi connectivity index (χ1) is 10.0. The Kier molecular flexibility index (Phi) is 3.66. The smallest absolute Gasteiger partial charge is 0.265 e. The zero-order valence-electron chi connectivity index (χ0n) is 10.9. The molecule has 0 aromatic heterocycles. The zero-order chi connectivity index (χ0) is 15.0. The van der Waals surface area contributed by atoms with Crippen LogP contribution in [0.4, 0.5) is 11.4 Å². The fraction of sp³-hybridized carbons (Fsp3) is 0.133. The molecule has 0 spiro atoms. The number of nitrogens with one attached hydrogen (secondary N) is 1. The number of hydrogen-bond acceptors (Lipinski definition) is 3. The van der Waals surface area contributed by atoms with Gasteiger partial charge in [-0.2, -0.15) is 0 Å². The molecule has 1 amide bonds. The summed E-state index contributed by atoms with van der Waals surface area (Å²) in [6.45, 7) is 0. The molecule has 3 rings (SSSR count). The Bertz CT molecular complexity index is 719. The second kappa shape index (κ2) is 5.47. The van der Waals surface area contributed by atoms with Crippen molar-refractivity contribution in [3.63, 3.8) is 0 Å². The molecule has 0 aliphatic carbocycles. The average Bonchev–Trinajstić information content (AvgIpc) is 2.42. The fourth-order valence-electron chi connectivity index (χ4n) is 2.19. The normalized spacial score (nSPS) is 16.9. The van der Waals surface area contributed by atoms with Gasteiger partial charge >= 0.3 is 0 Å². The highest BCUT2D eigenvalue weighted by molar-refractivity contribution is 6.35. The van der Waals surface area contributed by atoms with Gasteiger partial charge in [0.15, 0.2) is 6.10 Å². The van der Waals surface area contributed by atoms with Crippen LogP contribution in [0.5, 0.6) is 5.75 Å². The number of ether oxygens (including phenoxy) is 1. The summed E-state index contributed by atoms with van der Waals surface area (Å²) in [5.41, 5.74) is 7.64. The van der Waals surface area contributed by atoms with Crippen LogP contribution in [-0.4, -0.2) is 12.0 Å². The van der Waals surface area contributed by atoms with E-state index in [1.54, 1.807) is 36.4 Å². The van der Waals surface area contributed by atoms with Gasteiger partial charge in [0.25, 0.3) is 5.91 Å². The van der Waals surface area contributed by atoms with Crippen molar-refractivity contribution in [2.24, 2.45) is 0 Å². The predicted octanol–water partition coefficient (Wildman–Crippen LogP) is 3.52. The topological polar surface area (TPSA) is 64.3 Å². The molecule has 1 unspecified atom stereocenters. The van der Waals surface area contributed by atoms with Crippen LogP contribution in [0.25, 0.3) is 0 Å². The van der Waals surface area contributed by atoms with Crippen molar-refractivity contribution in [1.29, 1.82) is 0 Å². The van der Waals surface area contributed by atoms with Crippen LogP contribution in [0.15, 0.2) is 36.4 Å². The molecule has 1 aliphatic rings. The first-order valence-electron chi connectivity index (χ1n) is 6.34. The third-order valence-corrected chi connectivity index (χ3v) is 3.83. The van der Waals surface area contributed by atoms with E-state index in [1.165, 1.54) is 0 Å². The van der Waals surface area contributed by atoms with Gasteiger partial charge in [-0.3, -0.25) is 4.79 Å². The largest absolute Gasteiger partial charge is 0.478 e. The molecule has 1 heterocycles. The van der Waals surface area contributed by atoms with Gasteiger partial charge in [-0.15, -0.1) is 0 Å². The third-order valence-electron chi connectivity index (χ3n) is 3.24. The van der Waals surface area contributed by atoms with Crippen LogP contribution in [0.2, 0.25) is 10.0 Å². The average molecular weight is 323 g/mol. The van der Waals surface area contributed by atoms with E-state index in [9.17, 15) is 4.79 Å². The number of rotatable bonds is 2. The molecule has 0 radical (unpaired) electrons. The number of amides is 1. The highest BCUT2D eigenvalue weighted by Crippen LogP contribution is 2.33. The molecule has 1 aliphatic heterocycles. The summed E-state index contributed by atoms with van der Waals surface area (Å²) in [7, 11) is 0. The SMILES string of the molecule is Nc1ccc2c(c1)NC(=O)C(Cc1ccc(Cl)cc1Cl)O2. The minimum Gasteiger partial charge on any atom is -0.478 e. The summed E-state index contributed by atoms with van der Waals surface area (Å²) < 4.78 is 5.73. The highest BCUT2D eigenvalue weighted by atomic mass is 35.5. The Hall–Kier alpha value is -1.91. The number of fused-ring (bicyclic) bond motifs is 1. The molecule has 1 atom stereocenters. The fourth-order valence-corrected chi connectivity index (χ4v) is 2.68. The molecule has 2 aromatic rings. The van der Waals surface area contributed by atoms with Crippen molar-refractivity contribution >= 4 is 40.5 Å². The van der Waals surface area contributed by atoms with Crippen molar-refractivity contribution < 1.29 is 9.53 Å². The lowest BCUT2D eigenvalue weighted by Gasteiger charge is -2.26. The van der Waals surface area contributed by atoms with E-state index in [0.29, 0.717) is 33.6 Å². The highest BCUT2D eigenvalue weighted by Gasteiger charge is 2.28. The van der Waals surface area contributed by atoms with Crippen molar-refractivity contribution in [2.45, 2.75) is 12.5 Å². The Morgan fingerprint density at radius 3 is 2.76 bits per heavy atom. The lowest BCUT2D eigenvalue weighted by atomic mass is 10.1. The van der Waals surface area contributed by atoms with Gasteiger partial charge in [0, 0.05) is 22.2 Å². The summed E-state index contributed by atoms with van der Waals surface area (Å²) in [5, 5.41) is 3.86. The van der Waals surface area contributed by atoms with E-state index >= 15 is 0 Å². The van der Waals surface area contributed by atoms with Crippen LogP contribution >= 0.6 is 23.2 Å². The lowest BCUT2D eigenvalue weighted by molar-refractivity contribution is -0.123. The van der Waals surface area contributed by atoms with E-state index in [1.807, 2.05) is 0 Å². The number of hydrogen-bond donors (Lipinski definition) is 2. The molecule has 0 saturated carbocycles. The lowest BCUT2D eigenvalue weighted by Crippen LogP contribution is -2.38. The van der Waals surface area contributed by atoms with Gasteiger partial charge in [0.2, 0.25) is 0 Å². The Morgan fingerprint density at radius 2 is 2.00 bits per heavy atom. The second-order valence-electron chi connectivity index (χ2n) is 4.79. The molecular weight excluding hydrogens is 311 g/mol. The van der Waals surface area contributed by atoms with E-state index < -0.39 is 6.10 Å². The molecule has 0 bridgehead atoms. The van der Waals surface area contributed by atoms with Crippen LogP contribution in [-0.2, 0) is 11.2 Å². The Labute approximate surface area is 131 Å². The summed E-state index contributed by atoms with van der Waals surface area (Å²) in [4.78, 5) is 12.1. The summed E-state index contributed by atoms with van der Waals surface area (Å²) >= 11 is 12.0. The van der Waals surface area contributed by atoms with Crippen LogP contribution < -0.4 is 15.8 Å². The molecule has 21 heavy (non-hydrogen) atoms. The van der Waals surface area contributed by atoms with Gasteiger partial charge in [-0.25, -0.2) is 0 Å². The number of nitrogen functional groups attached to an aromatic ring is 1. The predicted molar refractivity (Wildman–Crippen MR) is 84.1 cm³/mol. The Balaban J connectivity index is 1.84. The number of anilines is 2. The minimum absolute atomic E-state index is 0.223. The number of nitrogens with two attached hydrogens (primary N) is 1. The van der Waals surface area contributed by atoms with Gasteiger partial charge in [-0.1, -0.05) is 29.3 Å².